The van der Waals surface area contributed by atoms with E-state index in [0.717, 1.165) is 18.7 Å². The zero-order valence-electron chi connectivity index (χ0n) is 9.38. The van der Waals surface area contributed by atoms with Crippen LogP contribution in [0.25, 0.3) is 10.9 Å². The molecule has 0 aliphatic carbocycles. The zero-order chi connectivity index (χ0) is 11.1. The summed E-state index contributed by atoms with van der Waals surface area (Å²) in [6.07, 6.45) is 1.04. The molecule has 0 fully saturated rings. The Hall–Kier alpha value is -1.32. The second-order valence-electron chi connectivity index (χ2n) is 4.45. The minimum Gasteiger partial charge on any atom is -0.394 e. The fourth-order valence-electron chi connectivity index (χ4n) is 2.64. The molecule has 1 unspecified atom stereocenters. The molecule has 0 saturated carbocycles. The molecule has 3 N–H and O–H groups in total. The fraction of sp³-hybridized carbons (Fsp3) is 0.385. The Morgan fingerprint density at radius 2 is 2.31 bits per heavy atom. The van der Waals surface area contributed by atoms with Gasteiger partial charge in [-0.15, -0.1) is 0 Å². The number of aryl methyl sites for hydroxylation is 1. The second kappa shape index (κ2) is 3.61. The monoisotopic (exact) mass is 216 g/mol. The topological polar surface area (TPSA) is 48.0 Å². The van der Waals surface area contributed by atoms with E-state index in [0.29, 0.717) is 0 Å². The van der Waals surface area contributed by atoms with Crippen LogP contribution in [0.2, 0.25) is 0 Å². The highest BCUT2D eigenvalue weighted by Gasteiger charge is 2.23. The number of H-pyrrole nitrogens is 1. The maximum Gasteiger partial charge on any atom is 0.0710 e. The maximum atomic E-state index is 9.35. The Labute approximate surface area is 94.5 Å². The van der Waals surface area contributed by atoms with Crippen molar-refractivity contribution >= 4 is 10.9 Å². The van der Waals surface area contributed by atoms with Crippen LogP contribution in [0, 0.1) is 6.92 Å². The molecule has 3 heteroatoms. The van der Waals surface area contributed by atoms with Crippen molar-refractivity contribution in [3.05, 3.63) is 35.0 Å². The number of benzene rings is 1. The van der Waals surface area contributed by atoms with Crippen molar-refractivity contribution in [3.8, 4) is 0 Å². The number of para-hydroxylation sites is 1. The summed E-state index contributed by atoms with van der Waals surface area (Å²) in [5, 5.41) is 14.0. The van der Waals surface area contributed by atoms with Gasteiger partial charge in [0.2, 0.25) is 0 Å². The van der Waals surface area contributed by atoms with E-state index in [1.165, 1.54) is 22.0 Å². The number of hydrogen-bond acceptors (Lipinski definition) is 2. The Bertz CT molecular complexity index is 530. The molecular formula is C13H16N2O. The number of fused-ring (bicyclic) bond motifs is 3. The average molecular weight is 216 g/mol. The van der Waals surface area contributed by atoms with Crippen LogP contribution in [0.1, 0.15) is 22.9 Å². The first-order valence-electron chi connectivity index (χ1n) is 5.75. The van der Waals surface area contributed by atoms with Crippen LogP contribution in [0.4, 0.5) is 0 Å². The third-order valence-electron chi connectivity index (χ3n) is 3.48. The fourth-order valence-corrected chi connectivity index (χ4v) is 2.64. The van der Waals surface area contributed by atoms with Crippen LogP contribution >= 0.6 is 0 Å². The molecular weight excluding hydrogens is 200 g/mol. The number of aromatic amines is 1. The quantitative estimate of drug-likeness (QED) is 0.679. The van der Waals surface area contributed by atoms with Crippen molar-refractivity contribution in [3.63, 3.8) is 0 Å². The highest BCUT2D eigenvalue weighted by molar-refractivity contribution is 5.87. The van der Waals surface area contributed by atoms with Crippen molar-refractivity contribution in [1.29, 1.82) is 0 Å². The zero-order valence-corrected chi connectivity index (χ0v) is 9.38. The molecule has 0 bridgehead atoms. The van der Waals surface area contributed by atoms with E-state index in [9.17, 15) is 5.11 Å². The lowest BCUT2D eigenvalue weighted by atomic mass is 9.99. The van der Waals surface area contributed by atoms with E-state index in [2.05, 4.69) is 35.4 Å². The maximum absolute atomic E-state index is 9.35. The van der Waals surface area contributed by atoms with Crippen molar-refractivity contribution in [1.82, 2.24) is 10.3 Å². The molecule has 1 aromatic heterocycles. The highest BCUT2D eigenvalue weighted by atomic mass is 16.3. The van der Waals surface area contributed by atoms with Gasteiger partial charge in [0.25, 0.3) is 0 Å². The van der Waals surface area contributed by atoms with Gasteiger partial charge in [-0.1, -0.05) is 18.2 Å². The molecule has 0 spiro atoms. The number of aromatic nitrogens is 1. The molecule has 3 nitrogen and oxygen atoms in total. The van der Waals surface area contributed by atoms with Crippen LogP contribution in [-0.2, 0) is 6.42 Å². The molecule has 0 radical (unpaired) electrons. The van der Waals surface area contributed by atoms with E-state index < -0.39 is 0 Å². The summed E-state index contributed by atoms with van der Waals surface area (Å²) in [4.78, 5) is 3.46. The molecule has 1 atom stereocenters. The third kappa shape index (κ3) is 1.29. The van der Waals surface area contributed by atoms with E-state index in [4.69, 9.17) is 0 Å². The highest BCUT2D eigenvalue weighted by Crippen LogP contribution is 2.31. The Morgan fingerprint density at radius 3 is 3.12 bits per heavy atom. The Morgan fingerprint density at radius 1 is 1.44 bits per heavy atom. The first-order valence-corrected chi connectivity index (χ1v) is 5.75. The molecule has 16 heavy (non-hydrogen) atoms. The summed E-state index contributed by atoms with van der Waals surface area (Å²) in [6.45, 7) is 3.21. The summed E-state index contributed by atoms with van der Waals surface area (Å²) in [5.74, 6) is 0. The van der Waals surface area contributed by atoms with Gasteiger partial charge in [-0.25, -0.2) is 0 Å². The van der Waals surface area contributed by atoms with Crippen molar-refractivity contribution in [2.45, 2.75) is 19.4 Å². The van der Waals surface area contributed by atoms with Gasteiger partial charge in [0, 0.05) is 16.6 Å². The second-order valence-corrected chi connectivity index (χ2v) is 4.45. The standard InChI is InChI=1S/C13H16N2O/c1-8-3-2-4-9-10-5-6-14-11(7-16)13(10)15-12(8)9/h2-4,11,14-16H,5-7H2,1H3. The van der Waals surface area contributed by atoms with Gasteiger partial charge in [0.05, 0.1) is 12.6 Å². The molecule has 2 heterocycles. The number of hydrogen-bond donors (Lipinski definition) is 3. The summed E-state index contributed by atoms with van der Waals surface area (Å²) < 4.78 is 0. The Kier molecular flexibility index (Phi) is 2.23. The predicted molar refractivity (Wildman–Crippen MR) is 64.6 cm³/mol. The van der Waals surface area contributed by atoms with Crippen LogP contribution < -0.4 is 5.32 Å². The van der Waals surface area contributed by atoms with Crippen LogP contribution in [-0.4, -0.2) is 23.2 Å². The molecule has 0 saturated heterocycles. The van der Waals surface area contributed by atoms with Gasteiger partial charge in [0.1, 0.15) is 0 Å². The van der Waals surface area contributed by atoms with E-state index in [-0.39, 0.29) is 12.6 Å². The van der Waals surface area contributed by atoms with E-state index in [1.807, 2.05) is 0 Å². The van der Waals surface area contributed by atoms with Gasteiger partial charge in [-0.2, -0.15) is 0 Å². The molecule has 1 aliphatic heterocycles. The lowest BCUT2D eigenvalue weighted by Gasteiger charge is -2.22. The summed E-state index contributed by atoms with van der Waals surface area (Å²) in [7, 11) is 0. The molecule has 0 amide bonds. The molecule has 84 valence electrons. The molecule has 1 aliphatic rings. The lowest BCUT2D eigenvalue weighted by Crippen LogP contribution is -2.31. The Balaban J connectivity index is 2.28. The lowest BCUT2D eigenvalue weighted by molar-refractivity contribution is 0.238. The van der Waals surface area contributed by atoms with Crippen LogP contribution in [0.15, 0.2) is 18.2 Å². The number of aliphatic hydroxyl groups is 1. The van der Waals surface area contributed by atoms with Gasteiger partial charge in [-0.05, 0) is 31.0 Å². The van der Waals surface area contributed by atoms with Gasteiger partial charge in [-0.3, -0.25) is 0 Å². The largest absolute Gasteiger partial charge is 0.394 e. The van der Waals surface area contributed by atoms with Crippen LogP contribution in [0.3, 0.4) is 0 Å². The first-order chi connectivity index (χ1) is 7.81. The van der Waals surface area contributed by atoms with Crippen molar-refractivity contribution in [2.24, 2.45) is 0 Å². The van der Waals surface area contributed by atoms with E-state index in [1.54, 1.807) is 0 Å². The van der Waals surface area contributed by atoms with Gasteiger partial charge in [0.15, 0.2) is 0 Å². The number of rotatable bonds is 1. The van der Waals surface area contributed by atoms with Crippen LogP contribution in [0.5, 0.6) is 0 Å². The minimum atomic E-state index is 0.0653. The summed E-state index contributed by atoms with van der Waals surface area (Å²) in [5.41, 5.74) is 5.02. The SMILES string of the molecule is Cc1cccc2c3c([nH]c12)C(CO)NCC3. The van der Waals surface area contributed by atoms with E-state index >= 15 is 0 Å². The smallest absolute Gasteiger partial charge is 0.0710 e. The predicted octanol–water partition coefficient (Wildman–Crippen LogP) is 1.66. The van der Waals surface area contributed by atoms with Crippen molar-refractivity contribution in [2.75, 3.05) is 13.2 Å². The average Bonchev–Trinajstić information content (AvgIpc) is 2.69. The molecule has 3 rings (SSSR count). The number of nitrogens with one attached hydrogen (secondary N) is 2. The van der Waals surface area contributed by atoms with Gasteiger partial charge >= 0.3 is 0 Å². The molecule has 1 aromatic carbocycles. The third-order valence-corrected chi connectivity index (χ3v) is 3.48. The normalized spacial score (nSPS) is 20.0. The number of aliphatic hydroxyl groups excluding tert-OH is 1. The summed E-state index contributed by atoms with van der Waals surface area (Å²) >= 11 is 0. The van der Waals surface area contributed by atoms with Gasteiger partial charge < -0.3 is 15.4 Å². The summed E-state index contributed by atoms with van der Waals surface area (Å²) in [6, 6.07) is 6.45. The first kappa shape index (κ1) is 9.87. The van der Waals surface area contributed by atoms with Crippen molar-refractivity contribution < 1.29 is 5.11 Å². The molecule has 2 aromatic rings. The minimum absolute atomic E-state index is 0.0653.